The van der Waals surface area contributed by atoms with Gasteiger partial charge in [0.05, 0.1) is 0 Å². The van der Waals surface area contributed by atoms with Crippen LogP contribution in [0.4, 0.5) is 22.0 Å². The SMILES string of the molecule is CC(C)(C)[C@H](c1cc(-c2cc(F)ccc2F)cn1Cc1ccccc1)[C@H](O)C(=O)NC[C@H](CN)N(OC(=O)C(F)(F)F)C(=O)CCC(=O)NCCN1C(=O)C=CC1=O. The van der Waals surface area contributed by atoms with Crippen molar-refractivity contribution in [3.05, 3.63) is 95.8 Å². The smallest absolute Gasteiger partial charge is 0.383 e. The van der Waals surface area contributed by atoms with Crippen molar-refractivity contribution in [3.63, 3.8) is 0 Å². The second kappa shape index (κ2) is 19.0. The quantitative estimate of drug-likeness (QED) is 0.0956. The van der Waals surface area contributed by atoms with E-state index in [0.29, 0.717) is 5.69 Å². The van der Waals surface area contributed by atoms with E-state index in [-0.39, 0.29) is 35.8 Å². The first kappa shape index (κ1) is 44.8. The lowest BCUT2D eigenvalue weighted by molar-refractivity contribution is -0.243. The predicted octanol–water partition coefficient (Wildman–Crippen LogP) is 3.09. The number of carbonyl (C=O) groups excluding carboxylic acids is 6. The topological polar surface area (TPSA) is 193 Å². The maximum Gasteiger partial charge on any atom is 0.493 e. The van der Waals surface area contributed by atoms with Gasteiger partial charge in [-0.25, -0.2) is 13.6 Å². The summed E-state index contributed by atoms with van der Waals surface area (Å²) in [6.07, 6.45) is -5.24. The van der Waals surface area contributed by atoms with Crippen molar-refractivity contribution < 1.29 is 60.7 Å². The fourth-order valence-electron chi connectivity index (χ4n) is 6.24. The molecule has 0 saturated carbocycles. The molecule has 0 radical (unpaired) electrons. The molecule has 0 bridgehead atoms. The lowest BCUT2D eigenvalue weighted by Gasteiger charge is -2.35. The summed E-state index contributed by atoms with van der Waals surface area (Å²) in [6, 6.07) is 11.8. The van der Waals surface area contributed by atoms with Crippen LogP contribution in [-0.2, 0) is 40.1 Å². The summed E-state index contributed by atoms with van der Waals surface area (Å²) in [5.74, 6) is -9.62. The van der Waals surface area contributed by atoms with E-state index in [1.807, 2.05) is 12.1 Å². The van der Waals surface area contributed by atoms with Crippen LogP contribution in [0.5, 0.6) is 0 Å². The van der Waals surface area contributed by atoms with Crippen LogP contribution in [-0.4, -0.2) is 99.6 Å². The predicted molar refractivity (Wildman–Crippen MR) is 196 cm³/mol. The molecule has 0 fully saturated rings. The molecule has 4 rings (SSSR count). The van der Waals surface area contributed by atoms with Gasteiger partial charge in [-0.15, -0.1) is 0 Å². The number of rotatable bonds is 16. The number of aliphatic hydroxyl groups excluding tert-OH is 1. The Kier molecular flexibility index (Phi) is 14.7. The number of nitrogens with one attached hydrogen (secondary N) is 2. The second-order valence-corrected chi connectivity index (χ2v) is 14.4. The highest BCUT2D eigenvalue weighted by molar-refractivity contribution is 6.12. The van der Waals surface area contributed by atoms with Crippen LogP contribution in [0.2, 0.25) is 0 Å². The summed E-state index contributed by atoms with van der Waals surface area (Å²) in [4.78, 5) is 79.7. The minimum atomic E-state index is -5.56. The molecule has 5 amide bonds. The molecule has 1 aliphatic rings. The Bertz CT molecular complexity index is 2010. The number of alkyl halides is 3. The zero-order valence-electron chi connectivity index (χ0n) is 31.7. The molecule has 2 heterocycles. The first-order valence-corrected chi connectivity index (χ1v) is 18.0. The Hall–Kier alpha value is -5.95. The average Bonchev–Trinajstić information content (AvgIpc) is 3.71. The summed E-state index contributed by atoms with van der Waals surface area (Å²) < 4.78 is 70.7. The van der Waals surface area contributed by atoms with Crippen LogP contribution >= 0.6 is 0 Å². The van der Waals surface area contributed by atoms with E-state index in [0.717, 1.165) is 40.8 Å². The number of benzene rings is 2. The monoisotopic (exact) mass is 818 g/mol. The Balaban J connectivity index is 1.53. The molecule has 14 nitrogen and oxygen atoms in total. The van der Waals surface area contributed by atoms with Crippen LogP contribution in [0.15, 0.2) is 72.9 Å². The minimum Gasteiger partial charge on any atom is -0.383 e. The second-order valence-electron chi connectivity index (χ2n) is 14.4. The van der Waals surface area contributed by atoms with Crippen molar-refractivity contribution in [1.29, 1.82) is 0 Å². The van der Waals surface area contributed by atoms with Crippen LogP contribution in [0, 0.1) is 17.0 Å². The number of halogens is 5. The van der Waals surface area contributed by atoms with Crippen LogP contribution < -0.4 is 16.4 Å². The number of imide groups is 1. The molecular formula is C39H43F5N6O8. The van der Waals surface area contributed by atoms with Gasteiger partial charge in [0.25, 0.3) is 17.7 Å². The Morgan fingerprint density at radius 1 is 0.931 bits per heavy atom. The average molecular weight is 819 g/mol. The van der Waals surface area contributed by atoms with Crippen molar-refractivity contribution in [2.75, 3.05) is 26.2 Å². The molecule has 3 aromatic rings. The van der Waals surface area contributed by atoms with Gasteiger partial charge in [-0.1, -0.05) is 51.1 Å². The number of hydroxylamine groups is 2. The zero-order chi connectivity index (χ0) is 42.9. The Morgan fingerprint density at radius 3 is 2.19 bits per heavy atom. The molecule has 2 aromatic carbocycles. The molecule has 19 heteroatoms. The number of nitrogens with zero attached hydrogens (tertiary/aromatic N) is 3. The molecule has 0 aliphatic carbocycles. The van der Waals surface area contributed by atoms with Gasteiger partial charge in [-0.05, 0) is 35.2 Å². The van der Waals surface area contributed by atoms with Gasteiger partial charge >= 0.3 is 12.1 Å². The third-order valence-electron chi connectivity index (χ3n) is 9.10. The largest absolute Gasteiger partial charge is 0.493 e. The first-order valence-electron chi connectivity index (χ1n) is 18.0. The van der Waals surface area contributed by atoms with Crippen molar-refractivity contribution in [2.45, 2.75) is 64.4 Å². The Morgan fingerprint density at radius 2 is 1.59 bits per heavy atom. The molecule has 312 valence electrons. The fraction of sp³-hybridized carbons (Fsp3) is 0.385. The van der Waals surface area contributed by atoms with Gasteiger partial charge < -0.3 is 30.9 Å². The Labute approximate surface area is 329 Å². The molecule has 5 N–H and O–H groups in total. The van der Waals surface area contributed by atoms with Crippen LogP contribution in [0.25, 0.3) is 11.1 Å². The highest BCUT2D eigenvalue weighted by Crippen LogP contribution is 2.41. The van der Waals surface area contributed by atoms with Gasteiger partial charge in [0.1, 0.15) is 23.8 Å². The lowest BCUT2D eigenvalue weighted by atomic mass is 9.74. The van der Waals surface area contributed by atoms with Crippen molar-refractivity contribution in [2.24, 2.45) is 11.1 Å². The van der Waals surface area contributed by atoms with E-state index in [1.165, 1.54) is 6.07 Å². The van der Waals surface area contributed by atoms with E-state index < -0.39 is 103 Å². The van der Waals surface area contributed by atoms with Gasteiger partial charge in [-0.2, -0.15) is 18.2 Å². The van der Waals surface area contributed by atoms with Gasteiger partial charge in [0.15, 0.2) is 0 Å². The number of aliphatic hydroxyl groups is 1. The zero-order valence-corrected chi connectivity index (χ0v) is 31.7. The number of amides is 5. The number of carbonyl (C=O) groups is 6. The first-order chi connectivity index (χ1) is 27.2. The molecule has 0 saturated heterocycles. The maximum atomic E-state index is 15.0. The third-order valence-corrected chi connectivity index (χ3v) is 9.10. The molecule has 0 unspecified atom stereocenters. The summed E-state index contributed by atoms with van der Waals surface area (Å²) in [5.41, 5.74) is 6.18. The van der Waals surface area contributed by atoms with Crippen molar-refractivity contribution in [3.8, 4) is 11.1 Å². The van der Waals surface area contributed by atoms with E-state index >= 15 is 0 Å². The maximum absolute atomic E-state index is 15.0. The fourth-order valence-corrected chi connectivity index (χ4v) is 6.24. The molecule has 0 spiro atoms. The van der Waals surface area contributed by atoms with Gasteiger partial charge in [0, 0.05) is 86.7 Å². The van der Waals surface area contributed by atoms with Crippen LogP contribution in [0.3, 0.4) is 0 Å². The number of aromatic nitrogens is 1. The summed E-state index contributed by atoms with van der Waals surface area (Å²) in [6.45, 7) is 3.55. The van der Waals surface area contributed by atoms with E-state index in [1.54, 1.807) is 49.7 Å². The van der Waals surface area contributed by atoms with Crippen LogP contribution in [0.1, 0.15) is 50.8 Å². The van der Waals surface area contributed by atoms with Gasteiger partial charge in [0.2, 0.25) is 11.8 Å². The number of nitrogens with two attached hydrogens (primary N) is 1. The van der Waals surface area contributed by atoms with Gasteiger partial charge in [-0.3, -0.25) is 28.9 Å². The molecular weight excluding hydrogens is 775 g/mol. The molecule has 3 atom stereocenters. The molecule has 1 aromatic heterocycles. The minimum absolute atomic E-state index is 0.00900. The van der Waals surface area contributed by atoms with E-state index in [9.17, 15) is 55.8 Å². The summed E-state index contributed by atoms with van der Waals surface area (Å²) in [7, 11) is 0. The summed E-state index contributed by atoms with van der Waals surface area (Å²) in [5, 5.41) is 16.4. The van der Waals surface area contributed by atoms with Crippen molar-refractivity contribution in [1.82, 2.24) is 25.2 Å². The normalized spacial score (nSPS) is 14.6. The highest BCUT2D eigenvalue weighted by Gasteiger charge is 2.45. The third kappa shape index (κ3) is 11.6. The van der Waals surface area contributed by atoms with E-state index in [4.69, 9.17) is 5.73 Å². The number of hydrogen-bond acceptors (Lipinski definition) is 9. The summed E-state index contributed by atoms with van der Waals surface area (Å²) >= 11 is 0. The lowest BCUT2D eigenvalue weighted by Crippen LogP contribution is -2.54. The van der Waals surface area contributed by atoms with E-state index in [2.05, 4.69) is 15.5 Å². The standard InChI is InChI=1S/C39H43F5N6O8/c1-38(2,3)34(29-17-24(27-18-25(40)9-10-28(27)41)22-48(29)21-23-7-5-4-6-8-23)35(55)36(56)47-20-26(19-45)50(58-37(57)39(42,43)44)33(54)12-11-30(51)46-15-16-49-31(52)13-14-32(49)53/h4-10,13-14,17-18,22,26,34-35,55H,11-12,15-16,19-21,45H2,1-3H3,(H,46,51)(H,47,56)/t26-,34+,35-/m0/s1. The van der Waals surface area contributed by atoms with Crippen molar-refractivity contribution >= 4 is 35.5 Å². The highest BCUT2D eigenvalue weighted by atomic mass is 19.4. The number of hydrogen-bond donors (Lipinski definition) is 4. The molecule has 1 aliphatic heterocycles. The molecule has 58 heavy (non-hydrogen) atoms.